The number of pyridine rings is 1. The van der Waals surface area contributed by atoms with Crippen molar-refractivity contribution in [3.8, 4) is 0 Å². The number of carboxylic acids is 1. The van der Waals surface area contributed by atoms with Crippen LogP contribution in [0.2, 0.25) is 0 Å². The van der Waals surface area contributed by atoms with Crippen molar-refractivity contribution in [2.45, 2.75) is 16.8 Å². The average molecular weight is 245 g/mol. The minimum Gasteiger partial charge on any atom is -0.478 e. The lowest BCUT2D eigenvalue weighted by Gasteiger charge is -2.02. The van der Waals surface area contributed by atoms with E-state index in [1.165, 1.54) is 29.6 Å². The third-order valence-electron chi connectivity index (χ3n) is 2.23. The Kier molecular flexibility index (Phi) is 3.44. The summed E-state index contributed by atoms with van der Waals surface area (Å²) in [7, 11) is 0. The number of aromatic carboxylic acids is 1. The summed E-state index contributed by atoms with van der Waals surface area (Å²) in [4.78, 5) is 16.0. The number of hydrogen-bond donors (Lipinski definition) is 1. The highest BCUT2D eigenvalue weighted by Crippen LogP contribution is 2.26. The first-order valence-electron chi connectivity index (χ1n) is 5.09. The first-order chi connectivity index (χ1) is 8.15. The molecule has 0 aliphatic rings. The molecule has 0 atom stereocenters. The van der Waals surface area contributed by atoms with E-state index in [1.54, 1.807) is 6.07 Å². The van der Waals surface area contributed by atoms with Crippen LogP contribution in [-0.4, -0.2) is 16.1 Å². The summed E-state index contributed by atoms with van der Waals surface area (Å²) in [5.41, 5.74) is 1.45. The predicted molar refractivity (Wildman–Crippen MR) is 66.5 cm³/mol. The molecule has 0 amide bonds. The van der Waals surface area contributed by atoms with Crippen LogP contribution < -0.4 is 0 Å². The second-order valence-electron chi connectivity index (χ2n) is 3.60. The zero-order valence-electron chi connectivity index (χ0n) is 9.25. The molecule has 0 radical (unpaired) electrons. The van der Waals surface area contributed by atoms with Crippen LogP contribution >= 0.6 is 11.8 Å². The van der Waals surface area contributed by atoms with Gasteiger partial charge in [0.1, 0.15) is 5.03 Å². The lowest BCUT2D eigenvalue weighted by Crippen LogP contribution is -1.96. The van der Waals surface area contributed by atoms with Gasteiger partial charge in [0.25, 0.3) is 0 Å². The van der Waals surface area contributed by atoms with Crippen LogP contribution in [0, 0.1) is 6.92 Å². The standard InChI is InChI=1S/C13H11NO2S/c1-9-2-4-11(5-3-9)17-12-8-10(13(15)16)6-7-14-12/h2-8H,1H3,(H,15,16). The van der Waals surface area contributed by atoms with Gasteiger partial charge in [0.2, 0.25) is 0 Å². The van der Waals surface area contributed by atoms with E-state index in [0.717, 1.165) is 4.90 Å². The molecule has 3 nitrogen and oxygen atoms in total. The van der Waals surface area contributed by atoms with Gasteiger partial charge in [-0.1, -0.05) is 29.5 Å². The van der Waals surface area contributed by atoms with Crippen molar-refractivity contribution in [1.29, 1.82) is 0 Å². The van der Waals surface area contributed by atoms with Crippen LogP contribution in [0.5, 0.6) is 0 Å². The maximum Gasteiger partial charge on any atom is 0.335 e. The molecule has 17 heavy (non-hydrogen) atoms. The van der Waals surface area contributed by atoms with Crippen LogP contribution in [0.1, 0.15) is 15.9 Å². The van der Waals surface area contributed by atoms with Gasteiger partial charge in [0.15, 0.2) is 0 Å². The minimum atomic E-state index is -0.932. The van der Waals surface area contributed by atoms with E-state index in [2.05, 4.69) is 4.98 Å². The van der Waals surface area contributed by atoms with Gasteiger partial charge in [-0.3, -0.25) is 0 Å². The number of nitrogens with zero attached hydrogens (tertiary/aromatic N) is 1. The highest BCUT2D eigenvalue weighted by atomic mass is 32.2. The number of rotatable bonds is 3. The maximum absolute atomic E-state index is 10.8. The average Bonchev–Trinajstić information content (AvgIpc) is 2.32. The molecule has 2 aromatic rings. The summed E-state index contributed by atoms with van der Waals surface area (Å²) >= 11 is 1.45. The fourth-order valence-corrected chi connectivity index (χ4v) is 2.14. The number of carbonyl (C=O) groups is 1. The van der Waals surface area contributed by atoms with Crippen molar-refractivity contribution in [2.75, 3.05) is 0 Å². The van der Waals surface area contributed by atoms with Crippen LogP contribution in [0.3, 0.4) is 0 Å². The zero-order chi connectivity index (χ0) is 12.3. The number of aromatic nitrogens is 1. The second kappa shape index (κ2) is 5.01. The van der Waals surface area contributed by atoms with E-state index in [-0.39, 0.29) is 5.56 Å². The molecule has 0 spiro atoms. The number of benzene rings is 1. The van der Waals surface area contributed by atoms with E-state index in [9.17, 15) is 4.79 Å². The maximum atomic E-state index is 10.8. The van der Waals surface area contributed by atoms with Gasteiger partial charge < -0.3 is 5.11 Å². The summed E-state index contributed by atoms with van der Waals surface area (Å²) in [6, 6.07) is 11.1. The zero-order valence-corrected chi connectivity index (χ0v) is 10.1. The van der Waals surface area contributed by atoms with Crippen molar-refractivity contribution < 1.29 is 9.90 Å². The molecule has 0 saturated carbocycles. The summed E-state index contributed by atoms with van der Waals surface area (Å²) in [6.07, 6.45) is 1.51. The smallest absolute Gasteiger partial charge is 0.335 e. The van der Waals surface area contributed by atoms with Gasteiger partial charge in [-0.15, -0.1) is 0 Å². The van der Waals surface area contributed by atoms with Crippen molar-refractivity contribution >= 4 is 17.7 Å². The second-order valence-corrected chi connectivity index (χ2v) is 4.70. The van der Waals surface area contributed by atoms with Gasteiger partial charge in [0.05, 0.1) is 5.56 Å². The number of aryl methyl sites for hydroxylation is 1. The fourth-order valence-electron chi connectivity index (χ4n) is 1.33. The van der Waals surface area contributed by atoms with E-state index in [4.69, 9.17) is 5.11 Å². The summed E-state index contributed by atoms with van der Waals surface area (Å²) < 4.78 is 0. The molecule has 0 fully saturated rings. The Bertz CT molecular complexity index is 537. The van der Waals surface area contributed by atoms with Crippen LogP contribution in [0.15, 0.2) is 52.5 Å². The van der Waals surface area contributed by atoms with Gasteiger partial charge in [0, 0.05) is 11.1 Å². The Morgan fingerprint density at radius 2 is 1.94 bits per heavy atom. The first kappa shape index (κ1) is 11.7. The summed E-state index contributed by atoms with van der Waals surface area (Å²) in [5, 5.41) is 9.56. The molecule has 2 rings (SSSR count). The normalized spacial score (nSPS) is 10.2. The van der Waals surface area contributed by atoms with E-state index >= 15 is 0 Å². The Balaban J connectivity index is 2.21. The van der Waals surface area contributed by atoms with Gasteiger partial charge in [-0.05, 0) is 31.2 Å². The van der Waals surface area contributed by atoms with Gasteiger partial charge in [-0.2, -0.15) is 0 Å². The molecular formula is C13H11NO2S. The van der Waals surface area contributed by atoms with E-state index in [1.807, 2.05) is 31.2 Å². The van der Waals surface area contributed by atoms with Crippen molar-refractivity contribution in [1.82, 2.24) is 4.98 Å². The molecule has 4 heteroatoms. The lowest BCUT2D eigenvalue weighted by atomic mass is 10.2. The Morgan fingerprint density at radius 1 is 1.24 bits per heavy atom. The number of hydrogen-bond acceptors (Lipinski definition) is 3. The molecular weight excluding hydrogens is 234 g/mol. The minimum absolute atomic E-state index is 0.259. The largest absolute Gasteiger partial charge is 0.478 e. The summed E-state index contributed by atoms with van der Waals surface area (Å²) in [5.74, 6) is -0.932. The molecule has 86 valence electrons. The van der Waals surface area contributed by atoms with Crippen LogP contribution in [0.4, 0.5) is 0 Å². The van der Waals surface area contributed by atoms with E-state index in [0.29, 0.717) is 5.03 Å². The van der Waals surface area contributed by atoms with Crippen molar-refractivity contribution in [3.63, 3.8) is 0 Å². The highest BCUT2D eigenvalue weighted by molar-refractivity contribution is 7.99. The van der Waals surface area contributed by atoms with Gasteiger partial charge >= 0.3 is 5.97 Å². The quantitative estimate of drug-likeness (QED) is 0.901. The molecule has 1 heterocycles. The molecule has 0 bridgehead atoms. The fraction of sp³-hybridized carbons (Fsp3) is 0.0769. The lowest BCUT2D eigenvalue weighted by molar-refractivity contribution is 0.0696. The predicted octanol–water partition coefficient (Wildman–Crippen LogP) is 3.24. The van der Waals surface area contributed by atoms with Crippen molar-refractivity contribution in [2.24, 2.45) is 0 Å². The van der Waals surface area contributed by atoms with Gasteiger partial charge in [-0.25, -0.2) is 9.78 Å². The first-order valence-corrected chi connectivity index (χ1v) is 5.91. The molecule has 0 saturated heterocycles. The molecule has 0 unspecified atom stereocenters. The molecule has 0 aliphatic carbocycles. The third-order valence-corrected chi connectivity index (χ3v) is 3.17. The number of carboxylic acid groups (broad SMARTS) is 1. The van der Waals surface area contributed by atoms with Crippen LogP contribution in [-0.2, 0) is 0 Å². The molecule has 1 aromatic heterocycles. The molecule has 0 aliphatic heterocycles. The monoisotopic (exact) mass is 245 g/mol. The summed E-state index contributed by atoms with van der Waals surface area (Å²) in [6.45, 7) is 2.03. The SMILES string of the molecule is Cc1ccc(Sc2cc(C(=O)O)ccn2)cc1. The van der Waals surface area contributed by atoms with E-state index < -0.39 is 5.97 Å². The highest BCUT2D eigenvalue weighted by Gasteiger charge is 2.05. The Morgan fingerprint density at radius 3 is 2.59 bits per heavy atom. The molecule has 1 N–H and O–H groups in total. The van der Waals surface area contributed by atoms with Crippen molar-refractivity contribution in [3.05, 3.63) is 53.7 Å². The van der Waals surface area contributed by atoms with Crippen LogP contribution in [0.25, 0.3) is 0 Å². The topological polar surface area (TPSA) is 50.2 Å². The third kappa shape index (κ3) is 3.07. The molecule has 1 aromatic carbocycles. The Hall–Kier alpha value is -1.81. The Labute approximate surface area is 104 Å².